The van der Waals surface area contributed by atoms with Crippen LogP contribution in [0.25, 0.3) is 11.1 Å². The molecule has 0 spiro atoms. The number of carbonyl (C=O) groups is 1. The smallest absolute Gasteiger partial charge is 0.236 e. The van der Waals surface area contributed by atoms with Gasteiger partial charge in [-0.3, -0.25) is 9.69 Å². The molecule has 0 atom stereocenters. The van der Waals surface area contributed by atoms with E-state index in [1.54, 1.807) is 30.1 Å². The van der Waals surface area contributed by atoms with E-state index in [2.05, 4.69) is 41.3 Å². The summed E-state index contributed by atoms with van der Waals surface area (Å²) in [5.41, 5.74) is 5.43. The average molecular weight is 374 g/mol. The number of amides is 1. The molecule has 1 aliphatic rings. The highest BCUT2D eigenvalue weighted by molar-refractivity contribution is 5.78. The Bertz CT molecular complexity index is 954. The lowest BCUT2D eigenvalue weighted by Gasteiger charge is -2.24. The zero-order valence-corrected chi connectivity index (χ0v) is 15.9. The van der Waals surface area contributed by atoms with Crippen LogP contribution >= 0.6 is 0 Å². The van der Waals surface area contributed by atoms with Crippen LogP contribution in [0, 0.1) is 5.82 Å². The van der Waals surface area contributed by atoms with Gasteiger partial charge < -0.3 is 4.90 Å². The van der Waals surface area contributed by atoms with E-state index < -0.39 is 0 Å². The van der Waals surface area contributed by atoms with Gasteiger partial charge in [0.1, 0.15) is 5.82 Å². The molecule has 0 aliphatic carbocycles. The lowest BCUT2D eigenvalue weighted by Crippen LogP contribution is -2.37. The minimum absolute atomic E-state index is 0.0138. The highest BCUT2D eigenvalue weighted by Crippen LogP contribution is 2.32. The second kappa shape index (κ2) is 7.95. The molecule has 0 radical (unpaired) electrons. The average Bonchev–Trinajstić information content (AvgIpc) is 2.86. The lowest BCUT2D eigenvalue weighted by atomic mass is 9.97. The third kappa shape index (κ3) is 3.82. The predicted octanol–water partition coefficient (Wildman–Crippen LogP) is 4.47. The van der Waals surface area contributed by atoms with E-state index in [1.165, 1.54) is 28.3 Å². The first kappa shape index (κ1) is 18.4. The van der Waals surface area contributed by atoms with Crippen LogP contribution in [0.15, 0.2) is 72.8 Å². The van der Waals surface area contributed by atoms with Gasteiger partial charge in [-0.1, -0.05) is 66.7 Å². The Kier molecular flexibility index (Phi) is 5.22. The summed E-state index contributed by atoms with van der Waals surface area (Å²) in [5, 5.41) is 0. The fourth-order valence-corrected chi connectivity index (χ4v) is 3.77. The van der Waals surface area contributed by atoms with E-state index in [-0.39, 0.29) is 18.3 Å². The van der Waals surface area contributed by atoms with Crippen LogP contribution in [0.5, 0.6) is 0 Å². The number of hydrogen-bond acceptors (Lipinski definition) is 2. The van der Waals surface area contributed by atoms with Gasteiger partial charge >= 0.3 is 0 Å². The summed E-state index contributed by atoms with van der Waals surface area (Å²) in [6.07, 6.45) is 0. The second-order valence-corrected chi connectivity index (χ2v) is 7.30. The second-order valence-electron chi connectivity index (χ2n) is 7.30. The first-order valence-corrected chi connectivity index (χ1v) is 9.48. The Morgan fingerprint density at radius 2 is 1.43 bits per heavy atom. The molecular formula is C24H23FN2O. The first-order chi connectivity index (χ1) is 13.6. The van der Waals surface area contributed by atoms with Crippen molar-refractivity contribution in [3.05, 3.63) is 95.3 Å². The number of nitrogens with zero attached hydrogens (tertiary/aromatic N) is 2. The van der Waals surface area contributed by atoms with E-state index in [0.29, 0.717) is 25.2 Å². The quantitative estimate of drug-likeness (QED) is 0.673. The Morgan fingerprint density at radius 1 is 0.893 bits per heavy atom. The lowest BCUT2D eigenvalue weighted by molar-refractivity contribution is -0.132. The molecule has 0 N–H and O–H groups in total. The van der Waals surface area contributed by atoms with Gasteiger partial charge in [-0.2, -0.15) is 0 Å². The molecule has 1 amide bonds. The number of rotatable bonds is 4. The van der Waals surface area contributed by atoms with Crippen molar-refractivity contribution in [3.8, 4) is 11.1 Å². The van der Waals surface area contributed by atoms with Gasteiger partial charge in [-0.25, -0.2) is 4.39 Å². The molecule has 3 nitrogen and oxygen atoms in total. The minimum atomic E-state index is -0.278. The highest BCUT2D eigenvalue weighted by atomic mass is 19.1. The molecule has 1 aliphatic heterocycles. The molecule has 4 rings (SSSR count). The van der Waals surface area contributed by atoms with E-state index >= 15 is 0 Å². The molecule has 3 aromatic carbocycles. The van der Waals surface area contributed by atoms with Crippen LogP contribution in [-0.4, -0.2) is 29.3 Å². The van der Waals surface area contributed by atoms with Crippen LogP contribution in [0.2, 0.25) is 0 Å². The van der Waals surface area contributed by atoms with Crippen molar-refractivity contribution in [2.75, 3.05) is 13.6 Å². The molecule has 0 unspecified atom stereocenters. The number of carbonyl (C=O) groups excluding carboxylic acids is 1. The van der Waals surface area contributed by atoms with Crippen molar-refractivity contribution < 1.29 is 9.18 Å². The molecule has 0 fully saturated rings. The van der Waals surface area contributed by atoms with Gasteiger partial charge in [0.05, 0.1) is 6.54 Å². The van der Waals surface area contributed by atoms with Crippen LogP contribution in [0.3, 0.4) is 0 Å². The Hall–Kier alpha value is -2.98. The van der Waals surface area contributed by atoms with Gasteiger partial charge in [-0.05, 0) is 28.3 Å². The predicted molar refractivity (Wildman–Crippen MR) is 109 cm³/mol. The molecule has 142 valence electrons. The van der Waals surface area contributed by atoms with Crippen molar-refractivity contribution in [1.29, 1.82) is 0 Å². The number of likely N-dealkylation sites (N-methyl/N-ethyl adjacent to an activating group) is 1. The maximum Gasteiger partial charge on any atom is 0.236 e. The van der Waals surface area contributed by atoms with Crippen LogP contribution < -0.4 is 0 Å². The summed E-state index contributed by atoms with van der Waals surface area (Å²) < 4.78 is 13.9. The monoisotopic (exact) mass is 374 g/mol. The molecule has 0 saturated heterocycles. The SMILES string of the molecule is CN(Cc1ccccc1F)C(=O)CN1Cc2ccccc2-c2ccccc2C1. The van der Waals surface area contributed by atoms with Crippen molar-refractivity contribution in [1.82, 2.24) is 9.80 Å². The summed E-state index contributed by atoms with van der Waals surface area (Å²) in [5.74, 6) is -0.292. The topological polar surface area (TPSA) is 23.6 Å². The van der Waals surface area contributed by atoms with Crippen LogP contribution in [-0.2, 0) is 24.4 Å². The minimum Gasteiger partial charge on any atom is -0.340 e. The third-order valence-electron chi connectivity index (χ3n) is 5.26. The summed E-state index contributed by atoms with van der Waals surface area (Å²) in [7, 11) is 1.73. The molecule has 4 heteroatoms. The van der Waals surface area contributed by atoms with Crippen LogP contribution in [0.1, 0.15) is 16.7 Å². The summed E-state index contributed by atoms with van der Waals surface area (Å²) >= 11 is 0. The molecule has 3 aromatic rings. The van der Waals surface area contributed by atoms with Crippen molar-refractivity contribution in [2.24, 2.45) is 0 Å². The zero-order chi connectivity index (χ0) is 19.5. The molecule has 0 bridgehead atoms. The largest absolute Gasteiger partial charge is 0.340 e. The van der Waals surface area contributed by atoms with Crippen molar-refractivity contribution >= 4 is 5.91 Å². The summed E-state index contributed by atoms with van der Waals surface area (Å²) in [6.45, 7) is 1.99. The summed E-state index contributed by atoms with van der Waals surface area (Å²) in [4.78, 5) is 16.6. The highest BCUT2D eigenvalue weighted by Gasteiger charge is 2.22. The maximum absolute atomic E-state index is 13.9. The Balaban J connectivity index is 1.52. The van der Waals surface area contributed by atoms with Crippen LogP contribution in [0.4, 0.5) is 4.39 Å². The zero-order valence-electron chi connectivity index (χ0n) is 15.9. The third-order valence-corrected chi connectivity index (χ3v) is 5.26. The Labute approximate surface area is 165 Å². The van der Waals surface area contributed by atoms with E-state index in [1.807, 2.05) is 12.1 Å². The van der Waals surface area contributed by atoms with E-state index in [9.17, 15) is 9.18 Å². The summed E-state index contributed by atoms with van der Waals surface area (Å²) in [6, 6.07) is 23.3. The number of fused-ring (bicyclic) bond motifs is 3. The normalized spacial score (nSPS) is 13.4. The standard InChI is InChI=1S/C24H23FN2O/c1-26(14-20-10-4-7-13-23(20)25)24(28)17-27-15-18-8-2-5-11-21(18)22-12-6-3-9-19(22)16-27/h2-13H,14-17H2,1H3. The molecule has 28 heavy (non-hydrogen) atoms. The van der Waals surface area contributed by atoms with Crippen molar-refractivity contribution in [2.45, 2.75) is 19.6 Å². The Morgan fingerprint density at radius 3 is 2.04 bits per heavy atom. The fraction of sp³-hybridized carbons (Fsp3) is 0.208. The van der Waals surface area contributed by atoms with E-state index in [4.69, 9.17) is 0 Å². The number of hydrogen-bond donors (Lipinski definition) is 0. The fourth-order valence-electron chi connectivity index (χ4n) is 3.77. The van der Waals surface area contributed by atoms with Gasteiger partial charge in [0, 0.05) is 32.2 Å². The molecular weight excluding hydrogens is 351 g/mol. The van der Waals surface area contributed by atoms with Gasteiger partial charge in [0.15, 0.2) is 0 Å². The molecule has 1 heterocycles. The molecule has 0 saturated carbocycles. The van der Waals surface area contributed by atoms with Crippen molar-refractivity contribution in [3.63, 3.8) is 0 Å². The number of benzene rings is 3. The van der Waals surface area contributed by atoms with Gasteiger partial charge in [0.2, 0.25) is 5.91 Å². The number of halogens is 1. The van der Waals surface area contributed by atoms with E-state index in [0.717, 1.165) is 0 Å². The molecule has 0 aromatic heterocycles. The van der Waals surface area contributed by atoms with Gasteiger partial charge in [0.25, 0.3) is 0 Å². The maximum atomic E-state index is 13.9. The first-order valence-electron chi connectivity index (χ1n) is 9.48. The van der Waals surface area contributed by atoms with Gasteiger partial charge in [-0.15, -0.1) is 0 Å².